The van der Waals surface area contributed by atoms with E-state index in [-0.39, 0.29) is 30.9 Å². The smallest absolute Gasteiger partial charge is 0.407 e. The van der Waals surface area contributed by atoms with Gasteiger partial charge in [-0.3, -0.25) is 14.9 Å². The van der Waals surface area contributed by atoms with E-state index < -0.39 is 23.0 Å². The number of nitrogens with two attached hydrogens (primary N) is 1. The summed E-state index contributed by atoms with van der Waals surface area (Å²) in [5, 5.41) is 21.9. The molecule has 0 saturated heterocycles. The Morgan fingerprint density at radius 3 is 2.74 bits per heavy atom. The van der Waals surface area contributed by atoms with Crippen molar-refractivity contribution in [1.82, 2.24) is 5.32 Å². The van der Waals surface area contributed by atoms with E-state index in [1.807, 2.05) is 0 Å². The number of carbonyl (C=O) groups excluding carboxylic acids is 1. The third-order valence-corrected chi connectivity index (χ3v) is 4.78. The summed E-state index contributed by atoms with van der Waals surface area (Å²) in [5.74, 6) is -0.0637. The first-order valence-electron chi connectivity index (χ1n) is 7.88. The number of hydrogen-bond acceptors (Lipinski definition) is 9. The fourth-order valence-corrected chi connectivity index (χ4v) is 3.11. The zero-order valence-electron chi connectivity index (χ0n) is 14.4. The molecule has 1 heterocycles. The minimum atomic E-state index is -1.23. The van der Waals surface area contributed by atoms with Crippen molar-refractivity contribution in [1.29, 1.82) is 0 Å². The summed E-state index contributed by atoms with van der Waals surface area (Å²) in [7, 11) is 0. The molecule has 148 valence electrons. The molecule has 0 spiro atoms. The van der Waals surface area contributed by atoms with Gasteiger partial charge in [0, 0.05) is 23.1 Å². The Kier molecular flexibility index (Phi) is 7.07. The predicted octanol–water partition coefficient (Wildman–Crippen LogP) is 1.26. The lowest BCUT2D eigenvalue weighted by Crippen LogP contribution is -2.42. The highest BCUT2D eigenvalue weighted by molar-refractivity contribution is 7.99. The Labute approximate surface area is 158 Å². The van der Waals surface area contributed by atoms with Crippen molar-refractivity contribution in [3.05, 3.63) is 27.8 Å². The van der Waals surface area contributed by atoms with Crippen molar-refractivity contribution in [3.8, 4) is 11.5 Å². The molecule has 1 aliphatic rings. The van der Waals surface area contributed by atoms with Crippen LogP contribution in [0.5, 0.6) is 11.5 Å². The average molecular weight is 401 g/mol. The number of nitro benzene ring substituents is 1. The van der Waals surface area contributed by atoms with Gasteiger partial charge in [-0.05, 0) is 13.0 Å². The highest BCUT2D eigenvalue weighted by atomic mass is 32.2. The lowest BCUT2D eigenvalue weighted by atomic mass is 10.1. The molecule has 0 saturated carbocycles. The van der Waals surface area contributed by atoms with Crippen LogP contribution in [0.25, 0.3) is 0 Å². The van der Waals surface area contributed by atoms with Crippen molar-refractivity contribution in [3.63, 3.8) is 0 Å². The Balaban J connectivity index is 1.82. The third-order valence-electron chi connectivity index (χ3n) is 3.62. The maximum Gasteiger partial charge on any atom is 0.407 e. The molecule has 1 aromatic carbocycles. The van der Waals surface area contributed by atoms with Crippen LogP contribution in [0.15, 0.2) is 12.1 Å². The number of carbonyl (C=O) groups is 2. The summed E-state index contributed by atoms with van der Waals surface area (Å²) in [5.41, 5.74) is 5.66. The van der Waals surface area contributed by atoms with Gasteiger partial charge in [0.15, 0.2) is 11.5 Å². The monoisotopic (exact) mass is 401 g/mol. The second kappa shape index (κ2) is 9.28. The number of rotatable bonds is 9. The molecular weight excluding hydrogens is 382 g/mol. The van der Waals surface area contributed by atoms with Crippen molar-refractivity contribution < 1.29 is 33.8 Å². The minimum Gasteiger partial charge on any atom is -0.480 e. The highest BCUT2D eigenvalue weighted by Gasteiger charge is 2.26. The van der Waals surface area contributed by atoms with Crippen molar-refractivity contribution in [2.45, 2.75) is 18.2 Å². The number of fused-ring (bicyclic) bond motifs is 1. The number of nitro groups is 1. The number of carboxylic acid groups (broad SMARTS) is 1. The van der Waals surface area contributed by atoms with E-state index in [2.05, 4.69) is 5.32 Å². The molecule has 0 bridgehead atoms. The maximum absolute atomic E-state index is 11.4. The topological polar surface area (TPSA) is 163 Å². The van der Waals surface area contributed by atoms with Crippen LogP contribution in [0.4, 0.5) is 10.5 Å². The molecule has 2 rings (SSSR count). The van der Waals surface area contributed by atoms with E-state index in [9.17, 15) is 19.7 Å². The van der Waals surface area contributed by atoms with Crippen LogP contribution in [-0.4, -0.2) is 53.8 Å². The van der Waals surface area contributed by atoms with Gasteiger partial charge in [0.25, 0.3) is 5.69 Å². The highest BCUT2D eigenvalue weighted by Crippen LogP contribution is 2.43. The largest absolute Gasteiger partial charge is 0.480 e. The van der Waals surface area contributed by atoms with Crippen LogP contribution in [0.1, 0.15) is 17.7 Å². The number of nitrogens with zero attached hydrogens (tertiary/aromatic N) is 1. The number of alkyl carbamates (subject to hydrolysis) is 1. The summed E-state index contributed by atoms with van der Waals surface area (Å²) in [6.07, 6.45) is -0.783. The van der Waals surface area contributed by atoms with Crippen molar-refractivity contribution in [2.24, 2.45) is 5.73 Å². The van der Waals surface area contributed by atoms with Crippen LogP contribution in [0, 0.1) is 10.1 Å². The zero-order chi connectivity index (χ0) is 20.0. The molecule has 0 unspecified atom stereocenters. The van der Waals surface area contributed by atoms with E-state index in [0.29, 0.717) is 22.8 Å². The van der Waals surface area contributed by atoms with Gasteiger partial charge in [-0.25, -0.2) is 4.79 Å². The normalized spacial score (nSPS) is 14.3. The van der Waals surface area contributed by atoms with Crippen molar-refractivity contribution >= 4 is 29.5 Å². The van der Waals surface area contributed by atoms with Crippen LogP contribution in [0.2, 0.25) is 0 Å². The Hall–Kier alpha value is -2.73. The molecule has 4 N–H and O–H groups in total. The number of amides is 1. The molecule has 1 aliphatic heterocycles. The first-order chi connectivity index (χ1) is 12.8. The third kappa shape index (κ3) is 5.62. The summed E-state index contributed by atoms with van der Waals surface area (Å²) in [6, 6.07) is 1.71. The van der Waals surface area contributed by atoms with Gasteiger partial charge in [-0.15, -0.1) is 0 Å². The first kappa shape index (κ1) is 20.6. The van der Waals surface area contributed by atoms with Gasteiger partial charge in [-0.2, -0.15) is 11.8 Å². The Bertz CT molecular complexity index is 729. The van der Waals surface area contributed by atoms with Crippen LogP contribution < -0.4 is 20.5 Å². The molecule has 12 heteroatoms. The zero-order valence-corrected chi connectivity index (χ0v) is 15.2. The number of benzene rings is 1. The maximum atomic E-state index is 11.4. The van der Waals surface area contributed by atoms with Gasteiger partial charge >= 0.3 is 12.1 Å². The second-order valence-electron chi connectivity index (χ2n) is 5.50. The van der Waals surface area contributed by atoms with E-state index in [0.717, 1.165) is 0 Å². The first-order valence-corrected chi connectivity index (χ1v) is 8.93. The SMILES string of the molecule is C[C@@H](SCCOC(=O)NC[C@@H](N)C(=O)O)c1cc2c(cc1[N+](=O)[O-])OCO2. The van der Waals surface area contributed by atoms with Gasteiger partial charge < -0.3 is 30.4 Å². The molecule has 0 aliphatic carbocycles. The van der Waals surface area contributed by atoms with E-state index in [1.54, 1.807) is 13.0 Å². The lowest BCUT2D eigenvalue weighted by Gasteiger charge is -2.13. The van der Waals surface area contributed by atoms with Gasteiger partial charge in [0.1, 0.15) is 12.6 Å². The van der Waals surface area contributed by atoms with E-state index in [4.69, 9.17) is 25.1 Å². The van der Waals surface area contributed by atoms with E-state index >= 15 is 0 Å². The summed E-state index contributed by atoms with van der Waals surface area (Å²) in [6.45, 7) is 1.61. The van der Waals surface area contributed by atoms with E-state index in [1.165, 1.54) is 17.8 Å². The number of hydrogen-bond donors (Lipinski definition) is 3. The van der Waals surface area contributed by atoms with Gasteiger partial charge in [0.2, 0.25) is 6.79 Å². The van der Waals surface area contributed by atoms with Crippen LogP contribution in [-0.2, 0) is 9.53 Å². The molecule has 1 aromatic rings. The molecule has 11 nitrogen and oxygen atoms in total. The minimum absolute atomic E-state index is 0.0198. The molecule has 2 atom stereocenters. The lowest BCUT2D eigenvalue weighted by molar-refractivity contribution is -0.385. The number of nitrogens with one attached hydrogen (secondary N) is 1. The average Bonchev–Trinajstić information content (AvgIpc) is 3.09. The second-order valence-corrected chi connectivity index (χ2v) is 6.94. The fraction of sp³-hybridized carbons (Fsp3) is 0.467. The molecule has 0 radical (unpaired) electrons. The Morgan fingerprint density at radius 2 is 2.11 bits per heavy atom. The molecular formula is C15H19N3O8S. The van der Waals surface area contributed by atoms with Crippen LogP contribution >= 0.6 is 11.8 Å². The molecule has 27 heavy (non-hydrogen) atoms. The number of carboxylic acids is 1. The van der Waals surface area contributed by atoms with Gasteiger partial charge in [0.05, 0.1) is 11.0 Å². The van der Waals surface area contributed by atoms with Crippen molar-refractivity contribution in [2.75, 3.05) is 25.7 Å². The standard InChI is InChI=1S/C15H19N3O8S/c1-8(27-3-2-24-15(21)17-6-10(16)14(19)20)9-4-12-13(26-7-25-12)5-11(9)18(22)23/h4-5,8,10H,2-3,6-7,16H2,1H3,(H,17,21)(H,19,20)/t8-,10-/m1/s1. The summed E-state index contributed by atoms with van der Waals surface area (Å²) >= 11 is 1.35. The molecule has 0 aromatic heterocycles. The quantitative estimate of drug-likeness (QED) is 0.312. The summed E-state index contributed by atoms with van der Waals surface area (Å²) < 4.78 is 15.3. The number of aliphatic carboxylic acids is 1. The molecule has 0 fully saturated rings. The fourth-order valence-electron chi connectivity index (χ4n) is 2.21. The predicted molar refractivity (Wildman–Crippen MR) is 95.1 cm³/mol. The summed E-state index contributed by atoms with van der Waals surface area (Å²) in [4.78, 5) is 32.8. The molecule has 1 amide bonds. The van der Waals surface area contributed by atoms with Crippen LogP contribution in [0.3, 0.4) is 0 Å². The number of ether oxygens (including phenoxy) is 3. The number of thioether (sulfide) groups is 1. The van der Waals surface area contributed by atoms with Gasteiger partial charge in [-0.1, -0.05) is 0 Å². The Morgan fingerprint density at radius 1 is 1.44 bits per heavy atom.